The summed E-state index contributed by atoms with van der Waals surface area (Å²) in [6.45, 7) is 6.46. The van der Waals surface area contributed by atoms with Gasteiger partial charge in [0.15, 0.2) is 5.82 Å². The summed E-state index contributed by atoms with van der Waals surface area (Å²) in [4.78, 5) is 8.45. The van der Waals surface area contributed by atoms with Crippen LogP contribution in [0.5, 0.6) is 0 Å². The highest BCUT2D eigenvalue weighted by molar-refractivity contribution is 7.99. The minimum atomic E-state index is 0.181. The Hall–Kier alpha value is -1.56. The third-order valence-corrected chi connectivity index (χ3v) is 3.38. The van der Waals surface area contributed by atoms with Crippen molar-refractivity contribution >= 4 is 17.4 Å². The van der Waals surface area contributed by atoms with Crippen molar-refractivity contribution in [2.24, 2.45) is 0 Å². The molecule has 0 bridgehead atoms. The summed E-state index contributed by atoms with van der Waals surface area (Å²) < 4.78 is 5.36. The minimum Gasteiger partial charge on any atom is -0.397 e. The van der Waals surface area contributed by atoms with E-state index < -0.39 is 0 Å². The number of pyridine rings is 1. The fourth-order valence-electron chi connectivity index (χ4n) is 1.23. The van der Waals surface area contributed by atoms with Crippen molar-refractivity contribution < 1.29 is 4.52 Å². The summed E-state index contributed by atoms with van der Waals surface area (Å²) in [7, 11) is 0. The molecule has 0 saturated carbocycles. The van der Waals surface area contributed by atoms with Gasteiger partial charge >= 0.3 is 0 Å². The Labute approximate surface area is 110 Å². The summed E-state index contributed by atoms with van der Waals surface area (Å²) in [5.74, 6) is 1.84. The van der Waals surface area contributed by atoms with E-state index in [4.69, 9.17) is 10.3 Å². The van der Waals surface area contributed by atoms with Crippen LogP contribution in [0.3, 0.4) is 0 Å². The van der Waals surface area contributed by atoms with Gasteiger partial charge in [0.25, 0.3) is 5.89 Å². The molecular formula is C12H16N4OS. The van der Waals surface area contributed by atoms with E-state index in [2.05, 4.69) is 35.9 Å². The average Bonchev–Trinajstić information content (AvgIpc) is 2.75. The number of rotatable bonds is 3. The first kappa shape index (κ1) is 12.9. The molecule has 0 unspecified atom stereocenters. The number of thioether (sulfide) groups is 1. The lowest BCUT2D eigenvalue weighted by atomic mass is 10.3. The molecule has 0 saturated heterocycles. The van der Waals surface area contributed by atoms with E-state index in [0.29, 0.717) is 23.1 Å². The van der Waals surface area contributed by atoms with Crippen molar-refractivity contribution in [1.82, 2.24) is 15.1 Å². The van der Waals surface area contributed by atoms with Gasteiger partial charge in [-0.2, -0.15) is 4.98 Å². The second-order valence-electron chi connectivity index (χ2n) is 4.89. The molecule has 0 aliphatic rings. The second-order valence-corrected chi connectivity index (χ2v) is 6.70. The van der Waals surface area contributed by atoms with Crippen LogP contribution in [0.4, 0.5) is 5.69 Å². The number of nitrogen functional groups attached to an aromatic ring is 1. The fourth-order valence-corrected chi connectivity index (χ4v) is 1.91. The maximum absolute atomic E-state index is 5.57. The molecule has 0 aliphatic carbocycles. The molecule has 0 spiro atoms. The lowest BCUT2D eigenvalue weighted by Crippen LogP contribution is -2.07. The molecule has 0 radical (unpaired) electrons. The van der Waals surface area contributed by atoms with Gasteiger partial charge in [0.1, 0.15) is 5.69 Å². The molecule has 2 aromatic rings. The van der Waals surface area contributed by atoms with Crippen molar-refractivity contribution in [3.63, 3.8) is 0 Å². The smallest absolute Gasteiger partial charge is 0.276 e. The Morgan fingerprint density at radius 1 is 1.33 bits per heavy atom. The van der Waals surface area contributed by atoms with Gasteiger partial charge < -0.3 is 10.3 Å². The molecule has 0 aliphatic heterocycles. The van der Waals surface area contributed by atoms with Crippen LogP contribution < -0.4 is 5.73 Å². The molecule has 2 aromatic heterocycles. The normalized spacial score (nSPS) is 11.7. The van der Waals surface area contributed by atoms with Gasteiger partial charge in [-0.15, -0.1) is 11.8 Å². The lowest BCUT2D eigenvalue weighted by Gasteiger charge is -2.15. The van der Waals surface area contributed by atoms with E-state index in [1.54, 1.807) is 30.1 Å². The quantitative estimate of drug-likeness (QED) is 0.918. The van der Waals surface area contributed by atoms with Crippen molar-refractivity contribution in [3.8, 4) is 11.6 Å². The highest BCUT2D eigenvalue weighted by Crippen LogP contribution is 2.26. The van der Waals surface area contributed by atoms with E-state index in [0.717, 1.165) is 5.75 Å². The minimum absolute atomic E-state index is 0.181. The third-order valence-electron chi connectivity index (χ3n) is 2.11. The van der Waals surface area contributed by atoms with Gasteiger partial charge in [-0.1, -0.05) is 25.9 Å². The zero-order valence-electron chi connectivity index (χ0n) is 10.7. The summed E-state index contributed by atoms with van der Waals surface area (Å²) in [6, 6.07) is 3.53. The molecule has 2 heterocycles. The molecule has 2 N–H and O–H groups in total. The number of aromatic nitrogens is 3. The lowest BCUT2D eigenvalue weighted by molar-refractivity contribution is 0.424. The largest absolute Gasteiger partial charge is 0.397 e. The first-order valence-corrected chi connectivity index (χ1v) is 6.61. The summed E-state index contributed by atoms with van der Waals surface area (Å²) in [6.07, 6.45) is 1.57. The van der Waals surface area contributed by atoms with Crippen molar-refractivity contribution in [2.45, 2.75) is 31.3 Å². The molecule has 0 fully saturated rings. The molecule has 96 valence electrons. The topological polar surface area (TPSA) is 77.8 Å². The summed E-state index contributed by atoms with van der Waals surface area (Å²) >= 11 is 1.77. The van der Waals surface area contributed by atoms with Crippen molar-refractivity contribution in [1.29, 1.82) is 0 Å². The fraction of sp³-hybridized carbons (Fsp3) is 0.417. The van der Waals surface area contributed by atoms with Gasteiger partial charge in [-0.3, -0.25) is 0 Å². The van der Waals surface area contributed by atoms with Gasteiger partial charge in [0.2, 0.25) is 0 Å². The van der Waals surface area contributed by atoms with Crippen LogP contribution in [0.25, 0.3) is 11.6 Å². The van der Waals surface area contributed by atoms with Gasteiger partial charge in [0, 0.05) is 4.75 Å². The third kappa shape index (κ3) is 3.46. The molecule has 5 nitrogen and oxygen atoms in total. The second kappa shape index (κ2) is 4.97. The highest BCUT2D eigenvalue weighted by atomic mass is 32.2. The van der Waals surface area contributed by atoms with Crippen molar-refractivity contribution in [3.05, 3.63) is 24.2 Å². The summed E-state index contributed by atoms with van der Waals surface area (Å²) in [5, 5.41) is 3.94. The zero-order valence-corrected chi connectivity index (χ0v) is 11.5. The number of nitrogens with two attached hydrogens (primary N) is 1. The Bertz CT molecular complexity index is 516. The van der Waals surface area contributed by atoms with E-state index >= 15 is 0 Å². The van der Waals surface area contributed by atoms with Gasteiger partial charge in [-0.05, 0) is 12.1 Å². The van der Waals surface area contributed by atoms with Crippen LogP contribution >= 0.6 is 11.8 Å². The first-order valence-electron chi connectivity index (χ1n) is 5.62. The highest BCUT2D eigenvalue weighted by Gasteiger charge is 2.14. The molecular weight excluding hydrogens is 248 g/mol. The Morgan fingerprint density at radius 2 is 2.11 bits per heavy atom. The maximum Gasteiger partial charge on any atom is 0.276 e. The van der Waals surface area contributed by atoms with E-state index in [1.807, 2.05) is 0 Å². The molecule has 6 heteroatoms. The average molecular weight is 264 g/mol. The van der Waals surface area contributed by atoms with Gasteiger partial charge in [-0.25, -0.2) is 4.98 Å². The molecule has 18 heavy (non-hydrogen) atoms. The number of hydrogen-bond acceptors (Lipinski definition) is 6. The van der Waals surface area contributed by atoms with Crippen LogP contribution in [0.15, 0.2) is 22.9 Å². The first-order chi connectivity index (χ1) is 8.44. The van der Waals surface area contributed by atoms with E-state index in [1.165, 1.54) is 0 Å². The monoisotopic (exact) mass is 264 g/mol. The SMILES string of the molecule is CC(C)(C)SCc1noc(-c2ccc(N)cn2)n1. The van der Waals surface area contributed by atoms with E-state index in [9.17, 15) is 0 Å². The Kier molecular flexibility index (Phi) is 3.56. The predicted octanol–water partition coefficient (Wildman–Crippen LogP) is 2.75. The summed E-state index contributed by atoms with van der Waals surface area (Å²) in [5.41, 5.74) is 6.83. The Balaban J connectivity index is 2.08. The number of hydrogen-bond donors (Lipinski definition) is 1. The molecule has 2 rings (SSSR count). The van der Waals surface area contributed by atoms with Gasteiger partial charge in [0.05, 0.1) is 17.6 Å². The molecule has 0 amide bonds. The molecule has 0 aromatic carbocycles. The van der Waals surface area contributed by atoms with Crippen LogP contribution in [0.2, 0.25) is 0 Å². The molecule has 0 atom stereocenters. The zero-order chi connectivity index (χ0) is 13.2. The van der Waals surface area contributed by atoms with Crippen LogP contribution in [0.1, 0.15) is 26.6 Å². The van der Waals surface area contributed by atoms with Crippen LogP contribution in [0, 0.1) is 0 Å². The standard InChI is InChI=1S/C12H16N4OS/c1-12(2,3)18-7-10-15-11(17-16-10)9-5-4-8(13)6-14-9/h4-6H,7,13H2,1-3H3. The van der Waals surface area contributed by atoms with Crippen molar-refractivity contribution in [2.75, 3.05) is 5.73 Å². The predicted molar refractivity (Wildman–Crippen MR) is 73.0 cm³/mol. The Morgan fingerprint density at radius 3 is 2.72 bits per heavy atom. The maximum atomic E-state index is 5.57. The van der Waals surface area contributed by atoms with Crippen LogP contribution in [-0.2, 0) is 5.75 Å². The number of anilines is 1. The number of nitrogens with zero attached hydrogens (tertiary/aromatic N) is 3. The van der Waals surface area contributed by atoms with Crippen LogP contribution in [-0.4, -0.2) is 19.9 Å². The van der Waals surface area contributed by atoms with E-state index in [-0.39, 0.29) is 4.75 Å².